The van der Waals surface area contributed by atoms with Gasteiger partial charge >= 0.3 is 0 Å². The molecule has 0 fully saturated rings. The zero-order valence-corrected chi connectivity index (χ0v) is 15.1. The molecule has 0 aliphatic heterocycles. The first-order valence-corrected chi connectivity index (χ1v) is 9.06. The van der Waals surface area contributed by atoms with Crippen LogP contribution in [0.2, 0.25) is 0 Å². The second-order valence-electron chi connectivity index (χ2n) is 6.48. The Morgan fingerprint density at radius 2 is 1.44 bits per heavy atom. The molecule has 4 rings (SSSR count). The Labute approximate surface area is 159 Å². The number of hydrogen-bond acceptors (Lipinski definition) is 2. The molecule has 27 heavy (non-hydrogen) atoms. The predicted molar refractivity (Wildman–Crippen MR) is 110 cm³/mol. The molecule has 1 heterocycles. The highest BCUT2D eigenvalue weighted by Crippen LogP contribution is 2.18. The lowest BCUT2D eigenvalue weighted by molar-refractivity contribution is 0.649. The van der Waals surface area contributed by atoms with Crippen molar-refractivity contribution in [2.24, 2.45) is 0 Å². The SMILES string of the molecule is C=Cc1ccc(Cn2nc(-c3ccccc3)nc2Cc2ccccc2)cc1. The summed E-state index contributed by atoms with van der Waals surface area (Å²) in [5.74, 6) is 1.73. The van der Waals surface area contributed by atoms with E-state index in [0.717, 1.165) is 29.2 Å². The molecule has 0 spiro atoms. The lowest BCUT2D eigenvalue weighted by Crippen LogP contribution is -2.07. The summed E-state index contributed by atoms with van der Waals surface area (Å²) in [5, 5.41) is 4.80. The molecular formula is C24H21N3. The summed E-state index contributed by atoms with van der Waals surface area (Å²) >= 11 is 0. The van der Waals surface area contributed by atoms with E-state index in [1.807, 2.05) is 47.2 Å². The van der Waals surface area contributed by atoms with E-state index in [-0.39, 0.29) is 0 Å². The summed E-state index contributed by atoms with van der Waals surface area (Å²) in [7, 11) is 0. The molecule has 0 saturated heterocycles. The normalized spacial score (nSPS) is 10.7. The monoisotopic (exact) mass is 351 g/mol. The predicted octanol–water partition coefficient (Wildman–Crippen LogP) is 5.23. The third-order valence-electron chi connectivity index (χ3n) is 4.53. The molecule has 0 aliphatic carbocycles. The zero-order chi connectivity index (χ0) is 18.5. The molecule has 3 heteroatoms. The maximum absolute atomic E-state index is 4.84. The Kier molecular flexibility index (Phi) is 4.93. The van der Waals surface area contributed by atoms with Gasteiger partial charge in [-0.3, -0.25) is 0 Å². The highest BCUT2D eigenvalue weighted by Gasteiger charge is 2.12. The third kappa shape index (κ3) is 4.04. The average molecular weight is 351 g/mol. The van der Waals surface area contributed by atoms with Crippen molar-refractivity contribution in [1.29, 1.82) is 0 Å². The van der Waals surface area contributed by atoms with Crippen LogP contribution in [-0.4, -0.2) is 14.8 Å². The minimum absolute atomic E-state index is 0.694. The van der Waals surface area contributed by atoms with Gasteiger partial charge < -0.3 is 0 Å². The first-order valence-electron chi connectivity index (χ1n) is 9.06. The number of nitrogens with zero attached hydrogens (tertiary/aromatic N) is 3. The maximum atomic E-state index is 4.84. The molecule has 0 N–H and O–H groups in total. The van der Waals surface area contributed by atoms with Crippen LogP contribution in [0.15, 0.2) is 91.5 Å². The lowest BCUT2D eigenvalue weighted by Gasteiger charge is -2.07. The molecule has 0 amide bonds. The molecule has 132 valence electrons. The summed E-state index contributed by atoms with van der Waals surface area (Å²) < 4.78 is 2.01. The van der Waals surface area contributed by atoms with E-state index in [4.69, 9.17) is 10.1 Å². The van der Waals surface area contributed by atoms with Gasteiger partial charge in [-0.15, -0.1) is 0 Å². The standard InChI is InChI=1S/C24H21N3/c1-2-19-13-15-21(16-14-19)18-27-23(17-20-9-5-3-6-10-20)25-24(26-27)22-11-7-4-8-12-22/h2-16H,1,17-18H2. The zero-order valence-electron chi connectivity index (χ0n) is 15.1. The van der Waals surface area contributed by atoms with Crippen LogP contribution in [0.25, 0.3) is 17.5 Å². The molecule has 4 aromatic rings. The van der Waals surface area contributed by atoms with Crippen LogP contribution in [0.5, 0.6) is 0 Å². The largest absolute Gasteiger partial charge is 0.245 e. The van der Waals surface area contributed by atoms with E-state index in [1.165, 1.54) is 11.1 Å². The molecule has 1 aromatic heterocycles. The van der Waals surface area contributed by atoms with E-state index in [2.05, 4.69) is 55.1 Å². The van der Waals surface area contributed by atoms with Crippen molar-refractivity contribution < 1.29 is 0 Å². The molecule has 0 saturated carbocycles. The van der Waals surface area contributed by atoms with E-state index >= 15 is 0 Å². The molecule has 3 aromatic carbocycles. The van der Waals surface area contributed by atoms with Gasteiger partial charge in [-0.05, 0) is 16.7 Å². The third-order valence-corrected chi connectivity index (χ3v) is 4.53. The van der Waals surface area contributed by atoms with Gasteiger partial charge in [0, 0.05) is 12.0 Å². The van der Waals surface area contributed by atoms with Gasteiger partial charge in [0.2, 0.25) is 0 Å². The van der Waals surface area contributed by atoms with Crippen LogP contribution in [0.1, 0.15) is 22.5 Å². The van der Waals surface area contributed by atoms with Gasteiger partial charge in [0.15, 0.2) is 5.82 Å². The van der Waals surface area contributed by atoms with Crippen LogP contribution in [0.4, 0.5) is 0 Å². The van der Waals surface area contributed by atoms with Crippen molar-refractivity contribution in [3.05, 3.63) is 114 Å². The first kappa shape index (κ1) is 17.0. The Bertz CT molecular complexity index is 1020. The fourth-order valence-corrected chi connectivity index (χ4v) is 3.05. The number of benzene rings is 3. The van der Waals surface area contributed by atoms with Gasteiger partial charge in [-0.1, -0.05) is 97.6 Å². The quantitative estimate of drug-likeness (QED) is 0.476. The maximum Gasteiger partial charge on any atom is 0.181 e. The van der Waals surface area contributed by atoms with Crippen molar-refractivity contribution >= 4 is 6.08 Å². The van der Waals surface area contributed by atoms with Crippen molar-refractivity contribution in [3.8, 4) is 11.4 Å². The van der Waals surface area contributed by atoms with E-state index in [1.54, 1.807) is 0 Å². The van der Waals surface area contributed by atoms with Gasteiger partial charge in [0.1, 0.15) is 5.82 Å². The van der Waals surface area contributed by atoms with Crippen LogP contribution >= 0.6 is 0 Å². The number of hydrogen-bond donors (Lipinski definition) is 0. The molecule has 0 atom stereocenters. The van der Waals surface area contributed by atoms with Crippen molar-refractivity contribution in [2.45, 2.75) is 13.0 Å². The molecule has 0 bridgehead atoms. The fourth-order valence-electron chi connectivity index (χ4n) is 3.05. The molecular weight excluding hydrogens is 330 g/mol. The Morgan fingerprint density at radius 3 is 2.11 bits per heavy atom. The summed E-state index contributed by atoms with van der Waals surface area (Å²) in [6, 6.07) is 28.9. The van der Waals surface area contributed by atoms with Gasteiger partial charge in [0.05, 0.1) is 6.54 Å². The van der Waals surface area contributed by atoms with Crippen LogP contribution in [0.3, 0.4) is 0 Å². The average Bonchev–Trinajstić information content (AvgIpc) is 3.12. The Morgan fingerprint density at radius 1 is 0.778 bits per heavy atom. The van der Waals surface area contributed by atoms with Crippen molar-refractivity contribution in [1.82, 2.24) is 14.8 Å². The Hall–Kier alpha value is -3.46. The van der Waals surface area contributed by atoms with E-state index in [9.17, 15) is 0 Å². The van der Waals surface area contributed by atoms with Crippen LogP contribution in [0, 0.1) is 0 Å². The molecule has 3 nitrogen and oxygen atoms in total. The lowest BCUT2D eigenvalue weighted by atomic mass is 10.1. The molecule has 0 radical (unpaired) electrons. The summed E-state index contributed by atoms with van der Waals surface area (Å²) in [6.45, 7) is 4.51. The van der Waals surface area contributed by atoms with Crippen LogP contribution in [-0.2, 0) is 13.0 Å². The topological polar surface area (TPSA) is 30.7 Å². The van der Waals surface area contributed by atoms with Crippen molar-refractivity contribution in [2.75, 3.05) is 0 Å². The van der Waals surface area contributed by atoms with Gasteiger partial charge in [0.25, 0.3) is 0 Å². The van der Waals surface area contributed by atoms with E-state index in [0.29, 0.717) is 6.54 Å². The summed E-state index contributed by atoms with van der Waals surface area (Å²) in [4.78, 5) is 4.84. The smallest absolute Gasteiger partial charge is 0.181 e. The van der Waals surface area contributed by atoms with Crippen LogP contribution < -0.4 is 0 Å². The second kappa shape index (κ2) is 7.83. The molecule has 0 unspecified atom stereocenters. The summed E-state index contributed by atoms with van der Waals surface area (Å²) in [5.41, 5.74) is 4.58. The van der Waals surface area contributed by atoms with E-state index < -0.39 is 0 Å². The molecule has 0 aliphatic rings. The second-order valence-corrected chi connectivity index (χ2v) is 6.48. The summed E-state index contributed by atoms with van der Waals surface area (Å²) in [6.07, 6.45) is 2.61. The minimum Gasteiger partial charge on any atom is -0.245 e. The Balaban J connectivity index is 1.68. The first-order chi connectivity index (χ1) is 13.3. The fraction of sp³-hybridized carbons (Fsp3) is 0.0833. The van der Waals surface area contributed by atoms with Gasteiger partial charge in [-0.2, -0.15) is 5.10 Å². The number of rotatable bonds is 6. The highest BCUT2D eigenvalue weighted by atomic mass is 15.3. The highest BCUT2D eigenvalue weighted by molar-refractivity contribution is 5.54. The number of aromatic nitrogens is 3. The van der Waals surface area contributed by atoms with Gasteiger partial charge in [-0.25, -0.2) is 9.67 Å². The minimum atomic E-state index is 0.694. The van der Waals surface area contributed by atoms with Crippen molar-refractivity contribution in [3.63, 3.8) is 0 Å².